The number of fused-ring (bicyclic) bond motifs is 1. The van der Waals surface area contributed by atoms with Crippen molar-refractivity contribution in [1.82, 2.24) is 9.72 Å². The molecule has 0 saturated heterocycles. The molecule has 1 aromatic rings. The molecule has 0 spiro atoms. The number of rotatable bonds is 3. The van der Waals surface area contributed by atoms with Crippen LogP contribution in [0.1, 0.15) is 37.5 Å². The van der Waals surface area contributed by atoms with Gasteiger partial charge in [-0.05, 0) is 12.8 Å². The Kier molecular flexibility index (Phi) is 4.57. The zero-order valence-electron chi connectivity index (χ0n) is 8.91. The molecule has 0 fully saturated rings. The second-order valence-corrected chi connectivity index (χ2v) is 12.3. The molecular formula is C9H15BrN2O2P2. The summed E-state index contributed by atoms with van der Waals surface area (Å²) in [5, 5.41) is 3.85. The van der Waals surface area contributed by atoms with Gasteiger partial charge in [0.05, 0.1) is 15.5 Å². The van der Waals surface area contributed by atoms with Crippen molar-refractivity contribution in [2.24, 2.45) is 0 Å². The molecule has 2 rings (SSSR count). The van der Waals surface area contributed by atoms with Gasteiger partial charge in [-0.3, -0.25) is 9.09 Å². The summed E-state index contributed by atoms with van der Waals surface area (Å²) in [6.45, 7) is 0. The van der Waals surface area contributed by atoms with Crippen LogP contribution in [0.4, 0.5) is 0 Å². The molecule has 90 valence electrons. The molecule has 4 nitrogen and oxygen atoms in total. The van der Waals surface area contributed by atoms with E-state index in [2.05, 4.69) is 29.6 Å². The fourth-order valence-corrected chi connectivity index (χ4v) is 3.88. The lowest BCUT2D eigenvalue weighted by Gasteiger charge is -2.15. The van der Waals surface area contributed by atoms with E-state index in [4.69, 9.17) is 4.52 Å². The van der Waals surface area contributed by atoms with E-state index in [0.29, 0.717) is 0 Å². The van der Waals surface area contributed by atoms with Gasteiger partial charge in [-0.15, -0.1) is 0 Å². The smallest absolute Gasteiger partial charge is 0.336 e. The van der Waals surface area contributed by atoms with Gasteiger partial charge in [0.1, 0.15) is 0 Å². The molecule has 7 heteroatoms. The van der Waals surface area contributed by atoms with Crippen LogP contribution in [0, 0.1) is 0 Å². The molecule has 2 heterocycles. The lowest BCUT2D eigenvalue weighted by molar-refractivity contribution is 0.350. The molecule has 0 amide bonds. The summed E-state index contributed by atoms with van der Waals surface area (Å²) < 4.78 is 6.51. The van der Waals surface area contributed by atoms with E-state index in [0.717, 1.165) is 37.7 Å². The van der Waals surface area contributed by atoms with Gasteiger partial charge in [0.2, 0.25) is 0 Å². The van der Waals surface area contributed by atoms with Gasteiger partial charge in [-0.1, -0.05) is 17.9 Å². The third-order valence-corrected chi connectivity index (χ3v) is 5.62. The lowest BCUT2D eigenvalue weighted by Crippen LogP contribution is -2.22. The Morgan fingerprint density at radius 1 is 1.62 bits per heavy atom. The number of nitrogens with zero attached hydrogens (tertiary/aromatic N) is 2. The van der Waals surface area contributed by atoms with Crippen molar-refractivity contribution >= 4 is 30.7 Å². The summed E-state index contributed by atoms with van der Waals surface area (Å²) in [5.41, 5.74) is 0. The summed E-state index contributed by atoms with van der Waals surface area (Å²) in [6, 6.07) is 0.269. The van der Waals surface area contributed by atoms with E-state index < -0.39 is 6.31 Å². The highest BCUT2D eigenvalue weighted by Gasteiger charge is 2.23. The maximum Gasteiger partial charge on any atom is 0.441 e. The zero-order valence-corrected chi connectivity index (χ0v) is 12.5. The van der Waals surface area contributed by atoms with Crippen molar-refractivity contribution in [3.05, 3.63) is 16.4 Å². The molecule has 1 aliphatic heterocycles. The van der Waals surface area contributed by atoms with Gasteiger partial charge in [0, 0.05) is 25.0 Å². The SMILES string of the molecule is O=c1onc2n1[C@@H](CC[PH+]([PH-])Br)CCCC2. The Hall–Kier alpha value is 0.280. The molecule has 0 saturated carbocycles. The Morgan fingerprint density at radius 2 is 2.44 bits per heavy atom. The van der Waals surface area contributed by atoms with E-state index in [-0.39, 0.29) is 11.8 Å². The summed E-state index contributed by atoms with van der Waals surface area (Å²) in [5.74, 6) is 0.531. The summed E-state index contributed by atoms with van der Waals surface area (Å²) in [4.78, 5) is 11.6. The van der Waals surface area contributed by atoms with Crippen LogP contribution in [-0.4, -0.2) is 15.9 Å². The lowest BCUT2D eigenvalue weighted by atomic mass is 10.1. The second-order valence-electron chi connectivity index (χ2n) is 4.08. The van der Waals surface area contributed by atoms with Crippen molar-refractivity contribution in [2.75, 3.05) is 6.16 Å². The minimum absolute atomic E-state index is 0.269. The van der Waals surface area contributed by atoms with Crippen molar-refractivity contribution in [3.63, 3.8) is 0 Å². The van der Waals surface area contributed by atoms with Gasteiger partial charge < -0.3 is 8.93 Å². The molecule has 0 radical (unpaired) electrons. The highest BCUT2D eigenvalue weighted by Crippen LogP contribution is 2.53. The zero-order chi connectivity index (χ0) is 11.5. The molecule has 2 atom stereocenters. The van der Waals surface area contributed by atoms with E-state index in [1.807, 2.05) is 0 Å². The quantitative estimate of drug-likeness (QED) is 0.803. The predicted octanol–water partition coefficient (Wildman–Crippen LogP) is 3.08. The predicted molar refractivity (Wildman–Crippen MR) is 72.4 cm³/mol. The first-order valence-corrected chi connectivity index (χ1v) is 10.9. The summed E-state index contributed by atoms with van der Waals surface area (Å²) >= 11 is 3.56. The van der Waals surface area contributed by atoms with Crippen molar-refractivity contribution in [3.8, 4) is 0 Å². The second kappa shape index (κ2) is 5.75. The Bertz CT molecular complexity index is 404. The number of aromatic nitrogens is 2. The molecule has 0 aromatic carbocycles. The van der Waals surface area contributed by atoms with E-state index >= 15 is 0 Å². The Labute approximate surface area is 106 Å². The van der Waals surface area contributed by atoms with Crippen LogP contribution in [0.2, 0.25) is 0 Å². The first-order chi connectivity index (χ1) is 7.68. The van der Waals surface area contributed by atoms with Crippen LogP contribution >= 0.6 is 30.7 Å². The van der Waals surface area contributed by atoms with Crippen LogP contribution in [-0.2, 0) is 6.42 Å². The van der Waals surface area contributed by atoms with Crippen LogP contribution < -0.4 is 5.76 Å². The topological polar surface area (TPSA) is 48.0 Å². The van der Waals surface area contributed by atoms with E-state index in [1.165, 1.54) is 6.42 Å². The van der Waals surface area contributed by atoms with Gasteiger partial charge in [0.15, 0.2) is 5.82 Å². The standard InChI is InChI=1S/C9H15BrN2O2P2/c10-16(15)6-5-7-3-1-2-4-8-11-14-9(13)12(7)8/h7,15-16H,1-6H2/t7-/m1/s1. The number of hydrogen-bond donors (Lipinski definition) is 0. The molecule has 1 aliphatic rings. The first-order valence-electron chi connectivity index (χ1n) is 5.48. The molecular weight excluding hydrogens is 310 g/mol. The van der Waals surface area contributed by atoms with E-state index in [1.54, 1.807) is 4.57 Å². The average Bonchev–Trinajstić information content (AvgIpc) is 2.49. The normalized spacial score (nSPS) is 22.5. The van der Waals surface area contributed by atoms with Crippen LogP contribution in [0.15, 0.2) is 9.32 Å². The first kappa shape index (κ1) is 12.7. The van der Waals surface area contributed by atoms with Crippen molar-refractivity contribution in [1.29, 1.82) is 0 Å². The average molecular weight is 325 g/mol. The molecule has 0 bridgehead atoms. The molecule has 0 N–H and O–H groups in total. The van der Waals surface area contributed by atoms with Gasteiger partial charge in [-0.25, -0.2) is 4.79 Å². The molecule has 1 unspecified atom stereocenters. The number of halogens is 1. The maximum absolute atomic E-state index is 11.6. The highest BCUT2D eigenvalue weighted by atomic mass is 79.9. The highest BCUT2D eigenvalue weighted by molar-refractivity contribution is 9.44. The third-order valence-electron chi connectivity index (χ3n) is 2.95. The fourth-order valence-electron chi connectivity index (χ4n) is 2.17. The van der Waals surface area contributed by atoms with Crippen LogP contribution in [0.3, 0.4) is 0 Å². The Balaban J connectivity index is 2.18. The monoisotopic (exact) mass is 324 g/mol. The van der Waals surface area contributed by atoms with Gasteiger partial charge in [-0.2, -0.15) is 0 Å². The molecule has 0 aliphatic carbocycles. The minimum atomic E-state index is -0.591. The van der Waals surface area contributed by atoms with Crippen LogP contribution in [0.5, 0.6) is 0 Å². The minimum Gasteiger partial charge on any atom is -0.336 e. The van der Waals surface area contributed by atoms with Crippen molar-refractivity contribution in [2.45, 2.75) is 38.1 Å². The summed E-state index contributed by atoms with van der Waals surface area (Å²) in [6.07, 6.45) is 5.69. The van der Waals surface area contributed by atoms with E-state index in [9.17, 15) is 4.79 Å². The van der Waals surface area contributed by atoms with Crippen molar-refractivity contribution < 1.29 is 4.52 Å². The number of aryl methyl sites for hydroxylation is 1. The van der Waals surface area contributed by atoms with Crippen LogP contribution in [0.25, 0.3) is 0 Å². The van der Waals surface area contributed by atoms with Gasteiger partial charge in [0.25, 0.3) is 0 Å². The number of hydrogen-bond acceptors (Lipinski definition) is 3. The Morgan fingerprint density at radius 3 is 3.19 bits per heavy atom. The molecule has 16 heavy (non-hydrogen) atoms. The maximum atomic E-state index is 11.6. The molecule has 1 aromatic heterocycles. The summed E-state index contributed by atoms with van der Waals surface area (Å²) in [7, 11) is 3.61. The largest absolute Gasteiger partial charge is 0.441 e. The third kappa shape index (κ3) is 2.94. The van der Waals surface area contributed by atoms with Gasteiger partial charge >= 0.3 is 5.76 Å². The fraction of sp³-hybridized carbons (Fsp3) is 0.778.